The Morgan fingerprint density at radius 1 is 0.800 bits per heavy atom. The monoisotopic (exact) mass is 690 g/mol. The molecule has 50 heavy (non-hydrogen) atoms. The third-order valence-corrected chi connectivity index (χ3v) is 8.77. The van der Waals surface area contributed by atoms with Crippen molar-refractivity contribution in [1.82, 2.24) is 9.80 Å². The van der Waals surface area contributed by atoms with E-state index in [9.17, 15) is 44.4 Å². The zero-order valence-corrected chi connectivity index (χ0v) is 28.7. The van der Waals surface area contributed by atoms with E-state index in [1.807, 2.05) is 17.0 Å². The number of hydrogen-bond donors (Lipinski definition) is 4. The van der Waals surface area contributed by atoms with E-state index in [-0.39, 0.29) is 0 Å². The molecule has 0 bridgehead atoms. The second-order valence-corrected chi connectivity index (χ2v) is 12.2. The summed E-state index contributed by atoms with van der Waals surface area (Å²) >= 11 is 0. The predicted octanol–water partition coefficient (Wildman–Crippen LogP) is 3.73. The molecule has 0 aliphatic carbocycles. The summed E-state index contributed by atoms with van der Waals surface area (Å²) in [5.41, 5.74) is -7.35. The normalized spacial score (nSPS) is 15.9. The smallest absolute Gasteiger partial charge is 0.348 e. The zero-order valence-electron chi connectivity index (χ0n) is 28.7. The van der Waals surface area contributed by atoms with Gasteiger partial charge in [-0.15, -0.1) is 0 Å². The SMILES string of the molecule is CCCN(CCN1CCCCC1=O)C(C)Cc1ccc(OC)cc1.O=C(O)C(O)(C(=O)c1ccccc1)C(O)(C(=O)O)C(=O)c1ccccc1. The van der Waals surface area contributed by atoms with Crippen molar-refractivity contribution < 1.29 is 49.1 Å². The molecule has 1 saturated heterocycles. The molecule has 0 radical (unpaired) electrons. The number of piperidine rings is 1. The number of carbonyl (C=O) groups excluding carboxylic acids is 3. The number of aliphatic carboxylic acids is 2. The minimum Gasteiger partial charge on any atom is -0.497 e. The molecule has 1 heterocycles. The minimum atomic E-state index is -3.95. The first-order chi connectivity index (χ1) is 23.8. The summed E-state index contributed by atoms with van der Waals surface area (Å²) in [6, 6.07) is 21.6. The van der Waals surface area contributed by atoms with Crippen molar-refractivity contribution in [3.05, 3.63) is 102 Å². The molecule has 1 aliphatic heterocycles. The van der Waals surface area contributed by atoms with E-state index in [1.165, 1.54) is 42.0 Å². The molecule has 3 aromatic rings. The summed E-state index contributed by atoms with van der Waals surface area (Å²) in [5, 5.41) is 39.9. The first-order valence-corrected chi connectivity index (χ1v) is 16.6. The number of nitrogens with zero attached hydrogens (tertiary/aromatic N) is 2. The van der Waals surface area contributed by atoms with Crippen LogP contribution in [0.25, 0.3) is 0 Å². The maximum absolute atomic E-state index is 12.6. The Kier molecular flexibility index (Phi) is 14.4. The maximum atomic E-state index is 12.6. The second-order valence-electron chi connectivity index (χ2n) is 12.2. The average Bonchev–Trinajstić information content (AvgIpc) is 3.13. The van der Waals surface area contributed by atoms with Crippen LogP contribution in [0.1, 0.15) is 65.8 Å². The molecule has 1 fully saturated rings. The largest absolute Gasteiger partial charge is 0.497 e. The number of methoxy groups -OCH3 is 1. The van der Waals surface area contributed by atoms with E-state index in [1.54, 1.807) is 7.11 Å². The van der Waals surface area contributed by atoms with Gasteiger partial charge in [0.15, 0.2) is 0 Å². The fourth-order valence-electron chi connectivity index (χ4n) is 5.85. The van der Waals surface area contributed by atoms with Gasteiger partial charge < -0.3 is 30.1 Å². The molecule has 0 saturated carbocycles. The van der Waals surface area contributed by atoms with Crippen LogP contribution in [-0.4, -0.2) is 110 Å². The molecule has 1 aliphatic rings. The van der Waals surface area contributed by atoms with Crippen molar-refractivity contribution >= 4 is 29.4 Å². The van der Waals surface area contributed by atoms with Crippen LogP contribution in [0, 0.1) is 0 Å². The number of amides is 1. The van der Waals surface area contributed by atoms with Gasteiger partial charge in [-0.1, -0.05) is 79.7 Å². The molecule has 12 heteroatoms. The van der Waals surface area contributed by atoms with Crippen LogP contribution in [0.3, 0.4) is 0 Å². The van der Waals surface area contributed by atoms with Crippen LogP contribution in [0.5, 0.6) is 5.75 Å². The lowest BCUT2D eigenvalue weighted by Crippen LogP contribution is -2.71. The van der Waals surface area contributed by atoms with Crippen molar-refractivity contribution in [2.24, 2.45) is 0 Å². The van der Waals surface area contributed by atoms with E-state index in [0.717, 1.165) is 88.3 Å². The Labute approximate surface area is 291 Å². The second kappa shape index (κ2) is 18.2. The standard InChI is InChI=1S/C20H32N2O2.C18H14O8/c1-4-12-21(14-15-22-13-6-5-7-20(22)23)17(2)16-18-8-10-19(24-3)11-9-18;19-13(11-7-3-1-4-8-11)17(25,15(21)22)18(26,16(23)24)14(20)12-9-5-2-6-10-12/h8-11,17H,4-7,12-16H2,1-3H3;1-10,25-26H,(H,21,22)(H,23,24). The van der Waals surface area contributed by atoms with E-state index >= 15 is 0 Å². The Balaban J connectivity index is 0.000000271. The Morgan fingerprint density at radius 3 is 1.72 bits per heavy atom. The van der Waals surface area contributed by atoms with Crippen molar-refractivity contribution in [2.75, 3.05) is 33.3 Å². The Hall–Kier alpha value is -4.91. The molecule has 3 unspecified atom stereocenters. The Morgan fingerprint density at radius 2 is 1.30 bits per heavy atom. The van der Waals surface area contributed by atoms with Crippen LogP contribution in [0.4, 0.5) is 0 Å². The number of aliphatic hydroxyl groups is 2. The first-order valence-electron chi connectivity index (χ1n) is 16.6. The number of carboxylic acid groups (broad SMARTS) is 2. The number of rotatable bonds is 16. The van der Waals surface area contributed by atoms with E-state index < -0.39 is 45.8 Å². The van der Waals surface area contributed by atoms with E-state index in [0.29, 0.717) is 11.9 Å². The topological polar surface area (TPSA) is 182 Å². The fourth-order valence-corrected chi connectivity index (χ4v) is 5.85. The summed E-state index contributed by atoms with van der Waals surface area (Å²) in [4.78, 5) is 65.1. The lowest BCUT2D eigenvalue weighted by molar-refractivity contribution is -0.187. The number of ketones is 2. The summed E-state index contributed by atoms with van der Waals surface area (Å²) in [7, 11) is 1.70. The number of hydrogen-bond acceptors (Lipinski definition) is 9. The highest BCUT2D eigenvalue weighted by Crippen LogP contribution is 2.31. The van der Waals surface area contributed by atoms with Gasteiger partial charge in [-0.3, -0.25) is 19.3 Å². The molecule has 12 nitrogen and oxygen atoms in total. The molecule has 3 atom stereocenters. The third-order valence-electron chi connectivity index (χ3n) is 8.77. The highest BCUT2D eigenvalue weighted by Gasteiger charge is 2.69. The highest BCUT2D eigenvalue weighted by atomic mass is 16.5. The quantitative estimate of drug-likeness (QED) is 0.127. The fraction of sp³-hybridized carbons (Fsp3) is 0.395. The van der Waals surface area contributed by atoms with Crippen LogP contribution in [0.2, 0.25) is 0 Å². The number of carboxylic acids is 2. The maximum Gasteiger partial charge on any atom is 0.348 e. The number of benzene rings is 3. The Bertz CT molecular complexity index is 1530. The molecule has 4 rings (SSSR count). The van der Waals surface area contributed by atoms with Gasteiger partial charge in [0.2, 0.25) is 17.5 Å². The molecular weight excluding hydrogens is 644 g/mol. The predicted molar refractivity (Wildman–Crippen MR) is 185 cm³/mol. The minimum absolute atomic E-state index is 0.334. The van der Waals surface area contributed by atoms with E-state index in [2.05, 4.69) is 30.9 Å². The molecule has 0 aromatic heterocycles. The molecule has 268 valence electrons. The first kappa shape index (κ1) is 39.5. The average molecular weight is 691 g/mol. The van der Waals surface area contributed by atoms with Crippen LogP contribution < -0.4 is 4.74 Å². The molecule has 4 N–H and O–H groups in total. The van der Waals surface area contributed by atoms with Crippen molar-refractivity contribution in [1.29, 1.82) is 0 Å². The van der Waals surface area contributed by atoms with Gasteiger partial charge in [-0.05, 0) is 56.8 Å². The van der Waals surface area contributed by atoms with Crippen LogP contribution in [-0.2, 0) is 20.8 Å². The van der Waals surface area contributed by atoms with Gasteiger partial charge in [0.1, 0.15) is 5.75 Å². The summed E-state index contributed by atoms with van der Waals surface area (Å²) in [6.45, 7) is 8.37. The number of carbonyl (C=O) groups is 5. The number of Topliss-reactive ketones (excluding diaryl/α,β-unsaturated/α-hetero) is 2. The third kappa shape index (κ3) is 9.20. The summed E-state index contributed by atoms with van der Waals surface area (Å²) in [6.07, 6.45) is 5.11. The van der Waals surface area contributed by atoms with Gasteiger partial charge in [-0.2, -0.15) is 0 Å². The lowest BCUT2D eigenvalue weighted by atomic mass is 9.73. The summed E-state index contributed by atoms with van der Waals surface area (Å²) < 4.78 is 5.23. The van der Waals surface area contributed by atoms with Gasteiger partial charge in [0.25, 0.3) is 11.2 Å². The van der Waals surface area contributed by atoms with E-state index in [4.69, 9.17) is 4.74 Å². The molecule has 1 amide bonds. The molecule has 3 aromatic carbocycles. The summed E-state index contributed by atoms with van der Waals surface area (Å²) in [5.74, 6) is -6.79. The number of ether oxygens (including phenoxy) is 1. The van der Waals surface area contributed by atoms with Gasteiger partial charge in [-0.25, -0.2) is 9.59 Å². The van der Waals surface area contributed by atoms with Crippen molar-refractivity contribution in [2.45, 2.75) is 63.2 Å². The number of likely N-dealkylation sites (tertiary alicyclic amines) is 1. The van der Waals surface area contributed by atoms with Gasteiger partial charge >= 0.3 is 11.9 Å². The lowest BCUT2D eigenvalue weighted by Gasteiger charge is -2.34. The zero-order chi connectivity index (χ0) is 36.9. The molecular formula is C38H46N2O10. The van der Waals surface area contributed by atoms with Crippen LogP contribution >= 0.6 is 0 Å². The van der Waals surface area contributed by atoms with Crippen molar-refractivity contribution in [3.63, 3.8) is 0 Å². The van der Waals surface area contributed by atoms with Gasteiger partial charge in [0, 0.05) is 43.2 Å². The van der Waals surface area contributed by atoms with Gasteiger partial charge in [0.05, 0.1) is 7.11 Å². The van der Waals surface area contributed by atoms with Crippen LogP contribution in [0.15, 0.2) is 84.9 Å². The highest BCUT2D eigenvalue weighted by molar-refractivity contribution is 6.28. The molecule has 0 spiro atoms. The van der Waals surface area contributed by atoms with Crippen molar-refractivity contribution in [3.8, 4) is 5.75 Å².